The molecule has 1 fully saturated rings. The average molecular weight is 351 g/mol. The molecule has 3 aromatic rings. The van der Waals surface area contributed by atoms with Crippen LogP contribution in [-0.4, -0.2) is 40.0 Å². The zero-order chi connectivity index (χ0) is 18.1. The lowest BCUT2D eigenvalue weighted by molar-refractivity contribution is 0.0560. The largest absolute Gasteiger partial charge is 0.474 e. The number of hydrogen-bond acceptors (Lipinski definition) is 5. The quantitative estimate of drug-likeness (QED) is 0.722. The maximum absolute atomic E-state index is 12.7. The highest BCUT2D eigenvalue weighted by Gasteiger charge is 2.27. The Morgan fingerprint density at radius 2 is 2.04 bits per heavy atom. The molecule has 0 bridgehead atoms. The van der Waals surface area contributed by atoms with Crippen molar-refractivity contribution in [3.8, 4) is 5.88 Å². The van der Waals surface area contributed by atoms with E-state index in [0.717, 1.165) is 29.6 Å². The van der Waals surface area contributed by atoms with Gasteiger partial charge in [0.05, 0.1) is 0 Å². The number of likely N-dealkylation sites (tertiary alicyclic amines) is 1. The van der Waals surface area contributed by atoms with Gasteiger partial charge in [-0.05, 0) is 32.0 Å². The third kappa shape index (κ3) is 3.27. The summed E-state index contributed by atoms with van der Waals surface area (Å²) in [6, 6.07) is 9.34. The van der Waals surface area contributed by atoms with Crippen molar-refractivity contribution < 1.29 is 13.9 Å². The molecule has 0 spiro atoms. The van der Waals surface area contributed by atoms with Gasteiger partial charge in [-0.25, -0.2) is 9.97 Å². The Balaban J connectivity index is 1.40. The number of hydrogen-bond donors (Lipinski definition) is 0. The van der Waals surface area contributed by atoms with Crippen LogP contribution >= 0.6 is 0 Å². The summed E-state index contributed by atoms with van der Waals surface area (Å²) in [7, 11) is 0. The lowest BCUT2D eigenvalue weighted by Gasteiger charge is -2.31. The summed E-state index contributed by atoms with van der Waals surface area (Å²) < 4.78 is 11.7. The Kier molecular flexibility index (Phi) is 4.32. The van der Waals surface area contributed by atoms with Crippen molar-refractivity contribution in [2.24, 2.45) is 0 Å². The summed E-state index contributed by atoms with van der Waals surface area (Å²) in [5, 5.41) is 0. The SMILES string of the molecule is Cc1ccc2oc(C(=O)N3CCC(Oc4ncccc4C)CC3)cc2n1. The van der Waals surface area contributed by atoms with E-state index >= 15 is 0 Å². The van der Waals surface area contributed by atoms with Gasteiger partial charge in [0, 0.05) is 49.5 Å². The molecule has 1 saturated heterocycles. The Labute approximate surface area is 151 Å². The van der Waals surface area contributed by atoms with Gasteiger partial charge in [0.25, 0.3) is 5.91 Å². The highest BCUT2D eigenvalue weighted by atomic mass is 16.5. The van der Waals surface area contributed by atoms with Crippen LogP contribution in [0.5, 0.6) is 5.88 Å². The molecule has 4 rings (SSSR count). The smallest absolute Gasteiger partial charge is 0.289 e. The minimum atomic E-state index is -0.0897. The number of aryl methyl sites for hydroxylation is 2. The van der Waals surface area contributed by atoms with Gasteiger partial charge >= 0.3 is 0 Å². The standard InChI is InChI=1S/C20H21N3O3/c1-13-4-3-9-21-19(13)25-15-7-10-23(11-8-15)20(24)18-12-16-17(26-18)6-5-14(2)22-16/h3-6,9,12,15H,7-8,10-11H2,1-2H3. The predicted molar refractivity (Wildman–Crippen MR) is 97.3 cm³/mol. The second-order valence-corrected chi connectivity index (χ2v) is 6.68. The van der Waals surface area contributed by atoms with E-state index in [0.29, 0.717) is 30.3 Å². The zero-order valence-corrected chi connectivity index (χ0v) is 14.9. The zero-order valence-electron chi connectivity index (χ0n) is 14.9. The van der Waals surface area contributed by atoms with E-state index in [1.807, 2.05) is 43.0 Å². The van der Waals surface area contributed by atoms with Gasteiger partial charge in [0.1, 0.15) is 11.6 Å². The first-order valence-electron chi connectivity index (χ1n) is 8.85. The van der Waals surface area contributed by atoms with E-state index in [-0.39, 0.29) is 12.0 Å². The normalized spacial score (nSPS) is 15.4. The molecule has 0 atom stereocenters. The number of carbonyl (C=O) groups is 1. The van der Waals surface area contributed by atoms with Crippen molar-refractivity contribution in [3.05, 3.63) is 53.5 Å². The maximum atomic E-state index is 12.7. The first-order valence-corrected chi connectivity index (χ1v) is 8.85. The highest BCUT2D eigenvalue weighted by molar-refractivity contribution is 5.95. The molecule has 0 unspecified atom stereocenters. The molecule has 6 heteroatoms. The predicted octanol–water partition coefficient (Wildman–Crippen LogP) is 3.52. The van der Waals surface area contributed by atoms with Gasteiger partial charge in [-0.2, -0.15) is 0 Å². The van der Waals surface area contributed by atoms with E-state index in [4.69, 9.17) is 9.15 Å². The molecule has 0 N–H and O–H groups in total. The molecular formula is C20H21N3O3. The van der Waals surface area contributed by atoms with Gasteiger partial charge in [-0.1, -0.05) is 6.07 Å². The van der Waals surface area contributed by atoms with Crippen LogP contribution in [0.15, 0.2) is 40.9 Å². The molecule has 0 aliphatic carbocycles. The van der Waals surface area contributed by atoms with E-state index in [1.165, 1.54) is 0 Å². The minimum Gasteiger partial charge on any atom is -0.474 e. The van der Waals surface area contributed by atoms with Crippen LogP contribution in [0.2, 0.25) is 0 Å². The van der Waals surface area contributed by atoms with Gasteiger partial charge in [-0.15, -0.1) is 0 Å². The number of fused-ring (bicyclic) bond motifs is 1. The van der Waals surface area contributed by atoms with Gasteiger partial charge in [-0.3, -0.25) is 4.79 Å². The molecule has 1 amide bonds. The number of aromatic nitrogens is 2. The van der Waals surface area contributed by atoms with Crippen LogP contribution in [-0.2, 0) is 0 Å². The van der Waals surface area contributed by atoms with Crippen LogP contribution in [0.1, 0.15) is 34.7 Å². The molecule has 0 radical (unpaired) electrons. The summed E-state index contributed by atoms with van der Waals surface area (Å²) >= 11 is 0. The van der Waals surface area contributed by atoms with Crippen LogP contribution in [0, 0.1) is 13.8 Å². The molecule has 1 aliphatic heterocycles. The van der Waals surface area contributed by atoms with Gasteiger partial charge < -0.3 is 14.1 Å². The molecule has 0 saturated carbocycles. The second-order valence-electron chi connectivity index (χ2n) is 6.68. The maximum Gasteiger partial charge on any atom is 0.289 e. The summed E-state index contributed by atoms with van der Waals surface area (Å²) in [5.74, 6) is 0.933. The number of ether oxygens (including phenoxy) is 1. The fourth-order valence-corrected chi connectivity index (χ4v) is 3.22. The van der Waals surface area contributed by atoms with Crippen molar-refractivity contribution >= 4 is 17.0 Å². The van der Waals surface area contributed by atoms with Crippen LogP contribution < -0.4 is 4.74 Å². The van der Waals surface area contributed by atoms with Crippen molar-refractivity contribution in [2.75, 3.05) is 13.1 Å². The van der Waals surface area contributed by atoms with Crippen molar-refractivity contribution in [1.29, 1.82) is 0 Å². The summed E-state index contributed by atoms with van der Waals surface area (Å²) in [5.41, 5.74) is 3.29. The minimum absolute atomic E-state index is 0.0765. The molecule has 1 aliphatic rings. The van der Waals surface area contributed by atoms with Crippen LogP contribution in [0.25, 0.3) is 11.1 Å². The third-order valence-electron chi connectivity index (χ3n) is 4.69. The molecule has 4 heterocycles. The Bertz CT molecular complexity index is 942. The third-order valence-corrected chi connectivity index (χ3v) is 4.69. The molecule has 6 nitrogen and oxygen atoms in total. The summed E-state index contributed by atoms with van der Waals surface area (Å²) in [6.07, 6.45) is 3.37. The number of pyridine rings is 2. The van der Waals surface area contributed by atoms with Gasteiger partial charge in [0.2, 0.25) is 5.88 Å². The Morgan fingerprint density at radius 3 is 2.81 bits per heavy atom. The van der Waals surface area contributed by atoms with Crippen LogP contribution in [0.3, 0.4) is 0 Å². The second kappa shape index (κ2) is 6.78. The van der Waals surface area contributed by atoms with Crippen molar-refractivity contribution in [1.82, 2.24) is 14.9 Å². The number of furan rings is 1. The number of rotatable bonds is 3. The average Bonchev–Trinajstić information content (AvgIpc) is 3.07. The highest BCUT2D eigenvalue weighted by Crippen LogP contribution is 2.23. The first-order chi connectivity index (χ1) is 12.6. The number of piperidine rings is 1. The topological polar surface area (TPSA) is 68.5 Å². The molecule has 26 heavy (non-hydrogen) atoms. The molecular weight excluding hydrogens is 330 g/mol. The Hall–Kier alpha value is -2.89. The fourth-order valence-electron chi connectivity index (χ4n) is 3.22. The monoisotopic (exact) mass is 351 g/mol. The number of nitrogens with zero attached hydrogens (tertiary/aromatic N) is 3. The lowest BCUT2D eigenvalue weighted by Crippen LogP contribution is -2.41. The summed E-state index contributed by atoms with van der Waals surface area (Å²) in [6.45, 7) is 5.18. The first kappa shape index (κ1) is 16.6. The fraction of sp³-hybridized carbons (Fsp3) is 0.350. The molecule has 0 aromatic carbocycles. The molecule has 134 valence electrons. The lowest BCUT2D eigenvalue weighted by atomic mass is 10.1. The van der Waals surface area contributed by atoms with E-state index in [9.17, 15) is 4.79 Å². The van der Waals surface area contributed by atoms with Gasteiger partial charge in [0.15, 0.2) is 11.3 Å². The van der Waals surface area contributed by atoms with Crippen molar-refractivity contribution in [2.45, 2.75) is 32.8 Å². The Morgan fingerprint density at radius 1 is 1.23 bits per heavy atom. The van der Waals surface area contributed by atoms with E-state index in [2.05, 4.69) is 9.97 Å². The molecule has 3 aromatic heterocycles. The van der Waals surface area contributed by atoms with Crippen molar-refractivity contribution in [3.63, 3.8) is 0 Å². The number of carbonyl (C=O) groups excluding carboxylic acids is 1. The van der Waals surface area contributed by atoms with Crippen LogP contribution in [0.4, 0.5) is 0 Å². The van der Waals surface area contributed by atoms with E-state index in [1.54, 1.807) is 12.3 Å². The van der Waals surface area contributed by atoms with E-state index < -0.39 is 0 Å². The number of amides is 1. The summed E-state index contributed by atoms with van der Waals surface area (Å²) in [4.78, 5) is 23.2.